The van der Waals surface area contributed by atoms with E-state index >= 15 is 0 Å². The predicted octanol–water partition coefficient (Wildman–Crippen LogP) is 6.38. The molecular weight excluding hydrogens is 271 g/mol. The Kier molecular flexibility index (Phi) is 24.1. The summed E-state index contributed by atoms with van der Waals surface area (Å²) in [6.07, 6.45) is 17.4. The van der Waals surface area contributed by atoms with E-state index in [1.807, 2.05) is 0 Å². The minimum Gasteiger partial charge on any atom is -0.314 e. The quantitative estimate of drug-likeness (QED) is 0.292. The highest BCUT2D eigenvalue weighted by molar-refractivity contribution is 7.33. The predicted molar refractivity (Wildman–Crippen MR) is 89.8 cm³/mol. The molecule has 0 unspecified atom stereocenters. The van der Waals surface area contributed by atoms with Gasteiger partial charge in [-0.25, -0.2) is 0 Å². The minimum absolute atomic E-state index is 1.34. The van der Waals surface area contributed by atoms with Crippen molar-refractivity contribution in [3.8, 4) is 0 Å². The second-order valence-corrected chi connectivity index (χ2v) is 6.51. The van der Waals surface area contributed by atoms with Crippen molar-refractivity contribution in [1.29, 1.82) is 0 Å². The normalized spacial score (nSPS) is 10.4. The van der Waals surface area contributed by atoms with Crippen LogP contribution in [0.3, 0.4) is 0 Å². The second kappa shape index (κ2) is 21.4. The molecule has 0 bridgehead atoms. The third-order valence-electron chi connectivity index (χ3n) is 3.29. The van der Waals surface area contributed by atoms with Gasteiger partial charge in [0.2, 0.25) is 0 Å². The van der Waals surface area contributed by atoms with Crippen molar-refractivity contribution in [2.45, 2.75) is 90.9 Å². The smallest absolute Gasteiger partial charge is 0.314 e. The molecule has 3 nitrogen and oxygen atoms in total. The van der Waals surface area contributed by atoms with Crippen molar-refractivity contribution in [2.24, 2.45) is 0 Å². The van der Waals surface area contributed by atoms with E-state index in [2.05, 4.69) is 22.9 Å². The number of unbranched alkanes of at least 4 members (excludes halogenated alkanes) is 11. The summed E-state index contributed by atoms with van der Waals surface area (Å²) in [5.74, 6) is 0. The molecule has 0 aliphatic heterocycles. The van der Waals surface area contributed by atoms with Gasteiger partial charge >= 0.3 is 8.25 Å². The SMILES string of the molecule is CCCCCCCCCCCCCC.CO[PH](=O)OC. The molecule has 0 atom stereocenters. The maximum atomic E-state index is 9.92. The molecular formula is C16H37O3P. The van der Waals surface area contributed by atoms with Crippen LogP contribution in [0.2, 0.25) is 0 Å². The van der Waals surface area contributed by atoms with Gasteiger partial charge in [-0.1, -0.05) is 90.9 Å². The first kappa shape index (κ1) is 22.4. The summed E-state index contributed by atoms with van der Waals surface area (Å²) in [5, 5.41) is 0. The summed E-state index contributed by atoms with van der Waals surface area (Å²) in [4.78, 5) is 0. The Hall–Kier alpha value is 0.150. The molecule has 124 valence electrons. The van der Waals surface area contributed by atoms with Crippen LogP contribution in [0.5, 0.6) is 0 Å². The molecule has 0 radical (unpaired) electrons. The first-order valence-electron chi connectivity index (χ1n) is 8.34. The molecule has 0 saturated carbocycles. The number of hydrogen-bond acceptors (Lipinski definition) is 3. The lowest BCUT2D eigenvalue weighted by molar-refractivity contribution is 0.302. The van der Waals surface area contributed by atoms with Gasteiger partial charge in [0, 0.05) is 14.2 Å². The van der Waals surface area contributed by atoms with Gasteiger partial charge in [0.1, 0.15) is 0 Å². The monoisotopic (exact) mass is 308 g/mol. The molecule has 0 rings (SSSR count). The Morgan fingerprint density at radius 1 is 0.600 bits per heavy atom. The van der Waals surface area contributed by atoms with Crippen molar-refractivity contribution in [3.05, 3.63) is 0 Å². The van der Waals surface area contributed by atoms with Gasteiger partial charge < -0.3 is 9.05 Å². The fraction of sp³-hybridized carbons (Fsp3) is 1.00. The van der Waals surface area contributed by atoms with Crippen LogP contribution in [0, 0.1) is 0 Å². The first-order chi connectivity index (χ1) is 9.72. The highest BCUT2D eigenvalue weighted by atomic mass is 31.1. The lowest BCUT2D eigenvalue weighted by Crippen LogP contribution is -1.81. The van der Waals surface area contributed by atoms with Gasteiger partial charge in [-0.05, 0) is 0 Å². The van der Waals surface area contributed by atoms with E-state index in [1.54, 1.807) is 0 Å². The summed E-state index contributed by atoms with van der Waals surface area (Å²) in [6, 6.07) is 0. The highest BCUT2D eigenvalue weighted by Crippen LogP contribution is 2.18. The zero-order valence-corrected chi connectivity index (χ0v) is 15.2. The number of rotatable bonds is 13. The van der Waals surface area contributed by atoms with Gasteiger partial charge in [0.05, 0.1) is 0 Å². The lowest BCUT2D eigenvalue weighted by Gasteiger charge is -2.01. The Bertz CT molecular complexity index is 169. The zero-order chi connectivity index (χ0) is 15.5. The molecule has 0 aliphatic carbocycles. The number of hydrogen-bond donors (Lipinski definition) is 0. The van der Waals surface area contributed by atoms with Crippen molar-refractivity contribution in [2.75, 3.05) is 14.2 Å². The van der Waals surface area contributed by atoms with E-state index < -0.39 is 8.25 Å². The Morgan fingerprint density at radius 2 is 0.850 bits per heavy atom. The second-order valence-electron chi connectivity index (χ2n) is 5.19. The Labute approximate surface area is 127 Å². The van der Waals surface area contributed by atoms with Crippen LogP contribution >= 0.6 is 8.25 Å². The topological polar surface area (TPSA) is 35.5 Å². The fourth-order valence-electron chi connectivity index (χ4n) is 2.00. The molecule has 0 aromatic carbocycles. The van der Waals surface area contributed by atoms with E-state index in [-0.39, 0.29) is 0 Å². The van der Waals surface area contributed by atoms with Crippen LogP contribution in [-0.4, -0.2) is 14.2 Å². The molecule has 0 aromatic heterocycles. The lowest BCUT2D eigenvalue weighted by atomic mass is 10.1. The van der Waals surface area contributed by atoms with Gasteiger partial charge in [-0.2, -0.15) is 0 Å². The Balaban J connectivity index is 0. The average molecular weight is 308 g/mol. The molecule has 0 aromatic rings. The van der Waals surface area contributed by atoms with Crippen LogP contribution in [0.15, 0.2) is 0 Å². The van der Waals surface area contributed by atoms with E-state index in [0.29, 0.717) is 0 Å². The zero-order valence-electron chi connectivity index (χ0n) is 14.2. The van der Waals surface area contributed by atoms with Crippen LogP contribution in [0.1, 0.15) is 90.9 Å². The largest absolute Gasteiger partial charge is 0.318 e. The van der Waals surface area contributed by atoms with E-state index in [9.17, 15) is 4.57 Å². The van der Waals surface area contributed by atoms with Gasteiger partial charge in [0.15, 0.2) is 0 Å². The molecule has 0 aliphatic rings. The maximum Gasteiger partial charge on any atom is 0.318 e. The van der Waals surface area contributed by atoms with Crippen molar-refractivity contribution in [1.82, 2.24) is 0 Å². The summed E-state index contributed by atoms with van der Waals surface area (Å²) in [6.45, 7) is 4.57. The highest BCUT2D eigenvalue weighted by Gasteiger charge is 1.91. The van der Waals surface area contributed by atoms with E-state index in [0.717, 1.165) is 0 Å². The van der Waals surface area contributed by atoms with Crippen LogP contribution < -0.4 is 0 Å². The summed E-state index contributed by atoms with van der Waals surface area (Å²) in [5.41, 5.74) is 0. The van der Waals surface area contributed by atoms with Gasteiger partial charge in [-0.15, -0.1) is 0 Å². The minimum atomic E-state index is -2.12. The molecule has 4 heteroatoms. The molecule has 20 heavy (non-hydrogen) atoms. The summed E-state index contributed by atoms with van der Waals surface area (Å²) < 4.78 is 18.4. The van der Waals surface area contributed by atoms with Gasteiger partial charge in [0.25, 0.3) is 0 Å². The molecule has 0 amide bonds. The van der Waals surface area contributed by atoms with Crippen LogP contribution in [-0.2, 0) is 13.6 Å². The van der Waals surface area contributed by atoms with Crippen LogP contribution in [0.25, 0.3) is 0 Å². The van der Waals surface area contributed by atoms with E-state index in [1.165, 1.54) is 91.3 Å². The molecule has 0 spiro atoms. The third kappa shape index (κ3) is 23.3. The van der Waals surface area contributed by atoms with Crippen molar-refractivity contribution < 1.29 is 13.6 Å². The Morgan fingerprint density at radius 3 is 1.00 bits per heavy atom. The molecule has 0 fully saturated rings. The van der Waals surface area contributed by atoms with Gasteiger partial charge in [-0.3, -0.25) is 4.57 Å². The third-order valence-corrected chi connectivity index (χ3v) is 3.96. The molecule has 0 saturated heterocycles. The fourth-order valence-corrected chi connectivity index (χ4v) is 2.16. The van der Waals surface area contributed by atoms with Crippen LogP contribution in [0.4, 0.5) is 0 Å². The van der Waals surface area contributed by atoms with Crippen molar-refractivity contribution in [3.63, 3.8) is 0 Å². The van der Waals surface area contributed by atoms with Crippen molar-refractivity contribution >= 4 is 8.25 Å². The summed E-state index contributed by atoms with van der Waals surface area (Å²) in [7, 11) is 0.558. The maximum absolute atomic E-state index is 9.92. The van der Waals surface area contributed by atoms with E-state index in [4.69, 9.17) is 0 Å². The standard InChI is InChI=1S/C14H30.C2H7O3P/c1-3-5-7-9-11-13-14-12-10-8-6-4-2;1-4-6(3)5-2/h3-14H2,1-2H3;6H,1-2H3. The molecule has 0 N–H and O–H groups in total. The molecule has 0 heterocycles. The first-order valence-corrected chi connectivity index (χ1v) is 9.57. The summed E-state index contributed by atoms with van der Waals surface area (Å²) >= 11 is 0. The average Bonchev–Trinajstić information content (AvgIpc) is 2.49.